The molecule has 128 valence electrons. The molecule has 2 atom stereocenters. The average Bonchev–Trinajstić information content (AvgIpc) is 2.37. The summed E-state index contributed by atoms with van der Waals surface area (Å²) in [6.07, 6.45) is -0.823. The van der Waals surface area contributed by atoms with Crippen LogP contribution < -0.4 is 0 Å². The molecule has 0 heterocycles. The van der Waals surface area contributed by atoms with E-state index in [-0.39, 0.29) is 0 Å². The van der Waals surface area contributed by atoms with Crippen LogP contribution in [0.1, 0.15) is 41.5 Å². The number of carbonyl (C=O) groups is 1. The minimum Gasteiger partial charge on any atom is -0.398 e. The van der Waals surface area contributed by atoms with Crippen molar-refractivity contribution in [2.24, 2.45) is 0 Å². The summed E-state index contributed by atoms with van der Waals surface area (Å²) in [4.78, 5) is 31.5. The van der Waals surface area contributed by atoms with E-state index >= 15 is 0 Å². The van der Waals surface area contributed by atoms with Crippen LogP contribution in [0, 0.1) is 0 Å². The fraction of sp³-hybridized carbons (Fsp3) is 0.667. The molecule has 2 unspecified atom stereocenters. The molecule has 0 aliphatic heterocycles. The summed E-state index contributed by atoms with van der Waals surface area (Å²) in [5, 5.41) is 0. The first-order chi connectivity index (χ1) is 9.96. The lowest BCUT2D eigenvalue weighted by Gasteiger charge is -2.23. The topological polar surface area (TPSA) is 72.5 Å². The van der Waals surface area contributed by atoms with Gasteiger partial charge in [0.15, 0.2) is 0 Å². The molecule has 0 saturated heterocycles. The second-order valence-electron chi connectivity index (χ2n) is 6.28. The molecule has 0 aromatic rings. The molecule has 0 bridgehead atoms. The van der Waals surface area contributed by atoms with Crippen molar-refractivity contribution in [1.29, 1.82) is 0 Å². The van der Waals surface area contributed by atoms with Gasteiger partial charge in [-0.05, 0) is 53.7 Å². The zero-order valence-electron chi connectivity index (χ0n) is 14.1. The monoisotopic (exact) mass is 318 g/mol. The van der Waals surface area contributed by atoms with Crippen LogP contribution in [0.2, 0.25) is 0 Å². The largest absolute Gasteiger partial charge is 0.513 e. The lowest BCUT2D eigenvalue weighted by Crippen LogP contribution is -2.30. The summed E-state index contributed by atoms with van der Waals surface area (Å²) in [6, 6.07) is 0. The first kappa shape index (κ1) is 20.6. The minimum atomic E-state index is -1.12. The number of ether oxygens (including phenoxy) is 2. The first-order valence-electron chi connectivity index (χ1n) is 6.78. The van der Waals surface area contributed by atoms with E-state index in [1.54, 1.807) is 41.5 Å². The lowest BCUT2D eigenvalue weighted by atomic mass is 10.2. The van der Waals surface area contributed by atoms with Gasteiger partial charge in [0.2, 0.25) is 0 Å². The molecule has 0 aliphatic carbocycles. The molecule has 7 nitrogen and oxygen atoms in total. The molecule has 0 aromatic heterocycles. The Bertz CT molecular complexity index is 331. The van der Waals surface area contributed by atoms with Crippen LogP contribution in [0.5, 0.6) is 0 Å². The van der Waals surface area contributed by atoms with Crippen molar-refractivity contribution in [3.8, 4) is 0 Å². The molecule has 0 saturated carbocycles. The summed E-state index contributed by atoms with van der Waals surface area (Å²) in [5.74, 6) is 0. The van der Waals surface area contributed by atoms with E-state index in [4.69, 9.17) is 29.0 Å². The molecule has 0 aliphatic rings. The summed E-state index contributed by atoms with van der Waals surface area (Å²) in [6.45, 7) is 17.6. The highest BCUT2D eigenvalue weighted by Gasteiger charge is 2.22. The standard InChI is InChI=1S/C15H26O7/c1-9-11(19-21-14(3,4)5)17-13(16)18-12(10-2)20-22-15(6,7)8/h9-12H,1-2H2,3-8H3. The summed E-state index contributed by atoms with van der Waals surface area (Å²) in [5.41, 5.74) is -1.14. The van der Waals surface area contributed by atoms with Crippen LogP contribution in [-0.2, 0) is 29.0 Å². The van der Waals surface area contributed by atoms with E-state index < -0.39 is 29.9 Å². The molecule has 0 rings (SSSR count). The van der Waals surface area contributed by atoms with Gasteiger partial charge in [0.05, 0.1) is 11.2 Å². The Hall–Kier alpha value is -1.41. The Morgan fingerprint density at radius 3 is 1.36 bits per heavy atom. The van der Waals surface area contributed by atoms with Gasteiger partial charge in [-0.2, -0.15) is 9.78 Å². The Kier molecular flexibility index (Phi) is 8.32. The zero-order valence-corrected chi connectivity index (χ0v) is 14.1. The quantitative estimate of drug-likeness (QED) is 0.222. The van der Waals surface area contributed by atoms with Crippen molar-refractivity contribution in [2.75, 3.05) is 0 Å². The van der Waals surface area contributed by atoms with E-state index in [0.717, 1.165) is 0 Å². The molecule has 7 heteroatoms. The van der Waals surface area contributed by atoms with Gasteiger partial charge in [-0.1, -0.05) is 13.2 Å². The third-order valence-electron chi connectivity index (χ3n) is 1.60. The van der Waals surface area contributed by atoms with Gasteiger partial charge in [0.25, 0.3) is 12.6 Å². The minimum absolute atomic E-state index is 0.568. The molecule has 0 N–H and O–H groups in total. The molecule has 0 radical (unpaired) electrons. The Morgan fingerprint density at radius 1 is 0.818 bits per heavy atom. The maximum Gasteiger partial charge on any atom is 0.513 e. The SMILES string of the molecule is C=CC(OOC(C)(C)C)OC(=O)OC(C=C)OOC(C)(C)C. The highest BCUT2D eigenvalue weighted by atomic mass is 17.2. The van der Waals surface area contributed by atoms with Crippen LogP contribution in [-0.4, -0.2) is 29.9 Å². The first-order valence-corrected chi connectivity index (χ1v) is 6.78. The van der Waals surface area contributed by atoms with Crippen molar-refractivity contribution in [2.45, 2.75) is 65.3 Å². The second kappa shape index (κ2) is 8.89. The van der Waals surface area contributed by atoms with Crippen LogP contribution in [0.3, 0.4) is 0 Å². The van der Waals surface area contributed by atoms with E-state index in [0.29, 0.717) is 0 Å². The van der Waals surface area contributed by atoms with Gasteiger partial charge in [-0.3, -0.25) is 0 Å². The number of hydrogen-bond donors (Lipinski definition) is 0. The number of hydrogen-bond acceptors (Lipinski definition) is 7. The Morgan fingerprint density at radius 2 is 1.14 bits per heavy atom. The Balaban J connectivity index is 4.32. The average molecular weight is 318 g/mol. The van der Waals surface area contributed by atoms with Gasteiger partial charge in [-0.25, -0.2) is 14.6 Å². The third kappa shape index (κ3) is 11.3. The maximum atomic E-state index is 11.6. The van der Waals surface area contributed by atoms with Gasteiger partial charge < -0.3 is 9.47 Å². The van der Waals surface area contributed by atoms with E-state index in [1.807, 2.05) is 0 Å². The second-order valence-corrected chi connectivity index (χ2v) is 6.28. The van der Waals surface area contributed by atoms with Crippen LogP contribution in [0.4, 0.5) is 4.79 Å². The molecule has 22 heavy (non-hydrogen) atoms. The molecule has 0 amide bonds. The number of rotatable bonds is 8. The van der Waals surface area contributed by atoms with Gasteiger partial charge in [0, 0.05) is 0 Å². The van der Waals surface area contributed by atoms with Crippen molar-refractivity contribution >= 4 is 6.16 Å². The van der Waals surface area contributed by atoms with E-state index in [1.165, 1.54) is 12.2 Å². The summed E-state index contributed by atoms with van der Waals surface area (Å²) >= 11 is 0. The van der Waals surface area contributed by atoms with Crippen molar-refractivity contribution < 1.29 is 33.8 Å². The smallest absolute Gasteiger partial charge is 0.398 e. The predicted molar refractivity (Wildman–Crippen MR) is 79.4 cm³/mol. The van der Waals surface area contributed by atoms with Gasteiger partial charge in [0.1, 0.15) is 0 Å². The molecular formula is C15H26O7. The van der Waals surface area contributed by atoms with Crippen molar-refractivity contribution in [3.05, 3.63) is 25.3 Å². The van der Waals surface area contributed by atoms with Crippen molar-refractivity contribution in [3.63, 3.8) is 0 Å². The van der Waals surface area contributed by atoms with Gasteiger partial charge >= 0.3 is 6.16 Å². The fourth-order valence-electron chi connectivity index (χ4n) is 0.815. The lowest BCUT2D eigenvalue weighted by molar-refractivity contribution is -0.408. The summed E-state index contributed by atoms with van der Waals surface area (Å²) in [7, 11) is 0. The normalized spacial score (nSPS) is 14.8. The highest BCUT2D eigenvalue weighted by molar-refractivity contribution is 5.60. The third-order valence-corrected chi connectivity index (χ3v) is 1.60. The van der Waals surface area contributed by atoms with E-state index in [9.17, 15) is 4.79 Å². The van der Waals surface area contributed by atoms with Gasteiger partial charge in [-0.15, -0.1) is 0 Å². The van der Waals surface area contributed by atoms with Crippen LogP contribution in [0.25, 0.3) is 0 Å². The number of carbonyl (C=O) groups excluding carboxylic acids is 1. The molecule has 0 spiro atoms. The zero-order chi connectivity index (χ0) is 17.4. The Labute approximate surface area is 131 Å². The summed E-state index contributed by atoms with van der Waals surface area (Å²) < 4.78 is 9.70. The molecular weight excluding hydrogens is 292 g/mol. The van der Waals surface area contributed by atoms with Crippen LogP contribution in [0.15, 0.2) is 25.3 Å². The highest BCUT2D eigenvalue weighted by Crippen LogP contribution is 2.13. The maximum absolute atomic E-state index is 11.6. The predicted octanol–water partition coefficient (Wildman–Crippen LogP) is 3.66. The van der Waals surface area contributed by atoms with Crippen LogP contribution >= 0.6 is 0 Å². The fourth-order valence-corrected chi connectivity index (χ4v) is 0.815. The van der Waals surface area contributed by atoms with Crippen molar-refractivity contribution in [1.82, 2.24) is 0 Å². The molecule has 0 fully saturated rings. The molecule has 0 aromatic carbocycles. The van der Waals surface area contributed by atoms with E-state index in [2.05, 4.69) is 13.2 Å².